The van der Waals surface area contributed by atoms with Gasteiger partial charge in [-0.25, -0.2) is 0 Å². The second-order valence-electron chi connectivity index (χ2n) is 5.30. The van der Waals surface area contributed by atoms with Crippen LogP contribution in [0.5, 0.6) is 11.5 Å². The van der Waals surface area contributed by atoms with E-state index in [2.05, 4.69) is 5.32 Å². The fraction of sp³-hybridized carbons (Fsp3) is 0.625. The molecule has 106 valence electrons. The van der Waals surface area contributed by atoms with Crippen LogP contribution < -0.4 is 14.8 Å². The van der Waals surface area contributed by atoms with Gasteiger partial charge < -0.3 is 14.8 Å². The Kier molecular flexibility index (Phi) is 5.37. The second kappa shape index (κ2) is 7.27. The first-order chi connectivity index (χ1) is 9.33. The van der Waals surface area contributed by atoms with Crippen molar-refractivity contribution in [2.75, 3.05) is 26.1 Å². The minimum absolute atomic E-state index is 0.790. The number of rotatable bonds is 5. The Balaban J connectivity index is 1.96. The molecule has 0 aliphatic heterocycles. The highest BCUT2D eigenvalue weighted by molar-refractivity contribution is 5.59. The third-order valence-electron chi connectivity index (χ3n) is 3.96. The Morgan fingerprint density at radius 1 is 1.05 bits per heavy atom. The summed E-state index contributed by atoms with van der Waals surface area (Å²) >= 11 is 0. The van der Waals surface area contributed by atoms with E-state index >= 15 is 0 Å². The van der Waals surface area contributed by atoms with E-state index in [9.17, 15) is 0 Å². The SMILES string of the molecule is COc1ccc(OC)c(NCC2CCCCCC2)c1. The van der Waals surface area contributed by atoms with Crippen LogP contribution in [0.25, 0.3) is 0 Å². The van der Waals surface area contributed by atoms with Crippen LogP contribution in [0.4, 0.5) is 5.69 Å². The Labute approximate surface area is 116 Å². The van der Waals surface area contributed by atoms with Crippen molar-refractivity contribution < 1.29 is 9.47 Å². The summed E-state index contributed by atoms with van der Waals surface area (Å²) < 4.78 is 10.7. The number of methoxy groups -OCH3 is 2. The predicted octanol–water partition coefficient (Wildman–Crippen LogP) is 4.09. The summed E-state index contributed by atoms with van der Waals surface area (Å²) in [7, 11) is 3.40. The number of benzene rings is 1. The molecule has 0 atom stereocenters. The van der Waals surface area contributed by atoms with Gasteiger partial charge in [-0.1, -0.05) is 25.7 Å². The molecule has 0 unspecified atom stereocenters. The Morgan fingerprint density at radius 2 is 1.79 bits per heavy atom. The molecule has 2 rings (SSSR count). The van der Waals surface area contributed by atoms with Gasteiger partial charge >= 0.3 is 0 Å². The number of hydrogen-bond donors (Lipinski definition) is 1. The summed E-state index contributed by atoms with van der Waals surface area (Å²) in [6, 6.07) is 5.89. The van der Waals surface area contributed by atoms with Crippen molar-refractivity contribution in [1.29, 1.82) is 0 Å². The van der Waals surface area contributed by atoms with Crippen LogP contribution in [0.1, 0.15) is 38.5 Å². The Hall–Kier alpha value is -1.38. The molecule has 3 heteroatoms. The highest BCUT2D eigenvalue weighted by Gasteiger charge is 2.13. The van der Waals surface area contributed by atoms with Gasteiger partial charge in [-0.3, -0.25) is 0 Å². The summed E-state index contributed by atoms with van der Waals surface area (Å²) in [5.74, 6) is 2.54. The average Bonchev–Trinajstić information content (AvgIpc) is 2.73. The maximum atomic E-state index is 5.39. The summed E-state index contributed by atoms with van der Waals surface area (Å²) in [5, 5.41) is 3.53. The van der Waals surface area contributed by atoms with E-state index in [-0.39, 0.29) is 0 Å². The monoisotopic (exact) mass is 263 g/mol. The molecule has 19 heavy (non-hydrogen) atoms. The molecule has 1 N–H and O–H groups in total. The van der Waals surface area contributed by atoms with Gasteiger partial charge in [0.05, 0.1) is 19.9 Å². The number of ether oxygens (including phenoxy) is 2. The first-order valence-corrected chi connectivity index (χ1v) is 7.29. The Morgan fingerprint density at radius 3 is 2.42 bits per heavy atom. The normalized spacial score (nSPS) is 16.7. The first-order valence-electron chi connectivity index (χ1n) is 7.29. The average molecular weight is 263 g/mol. The molecule has 1 aromatic rings. The van der Waals surface area contributed by atoms with Crippen molar-refractivity contribution in [2.24, 2.45) is 5.92 Å². The summed E-state index contributed by atoms with van der Waals surface area (Å²) in [6.45, 7) is 1.03. The van der Waals surface area contributed by atoms with E-state index in [0.717, 1.165) is 29.6 Å². The summed E-state index contributed by atoms with van der Waals surface area (Å²) in [6.07, 6.45) is 8.25. The molecule has 1 fully saturated rings. The lowest BCUT2D eigenvalue weighted by Crippen LogP contribution is -2.14. The molecule has 1 aliphatic rings. The number of nitrogens with one attached hydrogen (secondary N) is 1. The largest absolute Gasteiger partial charge is 0.497 e. The van der Waals surface area contributed by atoms with Gasteiger partial charge in [-0.2, -0.15) is 0 Å². The minimum atomic E-state index is 0.790. The van der Waals surface area contributed by atoms with Crippen LogP contribution in [0.15, 0.2) is 18.2 Å². The highest BCUT2D eigenvalue weighted by atomic mass is 16.5. The van der Waals surface area contributed by atoms with Gasteiger partial charge in [0, 0.05) is 12.6 Å². The summed E-state index contributed by atoms with van der Waals surface area (Å²) in [4.78, 5) is 0. The van der Waals surface area contributed by atoms with E-state index in [0.29, 0.717) is 0 Å². The first kappa shape index (κ1) is 14.0. The van der Waals surface area contributed by atoms with Crippen molar-refractivity contribution in [1.82, 2.24) is 0 Å². The van der Waals surface area contributed by atoms with Crippen LogP contribution >= 0.6 is 0 Å². The van der Waals surface area contributed by atoms with Crippen LogP contribution in [-0.4, -0.2) is 20.8 Å². The fourth-order valence-corrected chi connectivity index (χ4v) is 2.77. The van der Waals surface area contributed by atoms with Gasteiger partial charge in [0.2, 0.25) is 0 Å². The zero-order chi connectivity index (χ0) is 13.5. The van der Waals surface area contributed by atoms with Crippen LogP contribution in [0, 0.1) is 5.92 Å². The maximum absolute atomic E-state index is 5.39. The quantitative estimate of drug-likeness (QED) is 0.812. The van der Waals surface area contributed by atoms with Crippen molar-refractivity contribution in [3.63, 3.8) is 0 Å². The van der Waals surface area contributed by atoms with Gasteiger partial charge in [-0.05, 0) is 30.9 Å². The molecule has 1 aromatic carbocycles. The van der Waals surface area contributed by atoms with Crippen LogP contribution in [0.2, 0.25) is 0 Å². The smallest absolute Gasteiger partial charge is 0.142 e. The third-order valence-corrected chi connectivity index (χ3v) is 3.96. The van der Waals surface area contributed by atoms with Gasteiger partial charge in [0.1, 0.15) is 11.5 Å². The topological polar surface area (TPSA) is 30.5 Å². The highest BCUT2D eigenvalue weighted by Crippen LogP contribution is 2.30. The molecule has 0 bridgehead atoms. The minimum Gasteiger partial charge on any atom is -0.497 e. The van der Waals surface area contributed by atoms with E-state index in [4.69, 9.17) is 9.47 Å². The molecule has 0 radical (unpaired) electrons. The molecule has 0 aromatic heterocycles. The van der Waals surface area contributed by atoms with Crippen molar-refractivity contribution in [2.45, 2.75) is 38.5 Å². The molecule has 1 aliphatic carbocycles. The Bertz CT molecular complexity index is 384. The zero-order valence-electron chi connectivity index (χ0n) is 12.1. The molecule has 0 spiro atoms. The van der Waals surface area contributed by atoms with Crippen molar-refractivity contribution >= 4 is 5.69 Å². The zero-order valence-corrected chi connectivity index (χ0v) is 12.1. The lowest BCUT2D eigenvalue weighted by Gasteiger charge is -2.18. The molecule has 0 heterocycles. The van der Waals surface area contributed by atoms with Gasteiger partial charge in [0.25, 0.3) is 0 Å². The molecule has 0 saturated heterocycles. The molecular weight excluding hydrogens is 238 g/mol. The number of hydrogen-bond acceptors (Lipinski definition) is 3. The molecular formula is C16H25NO2. The van der Waals surface area contributed by atoms with Gasteiger partial charge in [0.15, 0.2) is 0 Å². The van der Waals surface area contributed by atoms with E-state index in [1.54, 1.807) is 14.2 Å². The standard InChI is InChI=1S/C16H25NO2/c1-18-14-9-10-16(19-2)15(11-14)17-12-13-7-5-3-4-6-8-13/h9-11,13,17H,3-8,12H2,1-2H3. The van der Waals surface area contributed by atoms with E-state index in [1.807, 2.05) is 18.2 Å². The molecule has 1 saturated carbocycles. The third kappa shape index (κ3) is 4.05. The maximum Gasteiger partial charge on any atom is 0.142 e. The van der Waals surface area contributed by atoms with Crippen LogP contribution in [0.3, 0.4) is 0 Å². The van der Waals surface area contributed by atoms with Crippen molar-refractivity contribution in [3.8, 4) is 11.5 Å². The molecule has 0 amide bonds. The second-order valence-corrected chi connectivity index (χ2v) is 5.30. The molecule has 3 nitrogen and oxygen atoms in total. The predicted molar refractivity (Wildman–Crippen MR) is 79.2 cm³/mol. The summed E-state index contributed by atoms with van der Waals surface area (Å²) in [5.41, 5.74) is 1.03. The van der Waals surface area contributed by atoms with E-state index < -0.39 is 0 Å². The van der Waals surface area contributed by atoms with Gasteiger partial charge in [-0.15, -0.1) is 0 Å². The van der Waals surface area contributed by atoms with Crippen molar-refractivity contribution in [3.05, 3.63) is 18.2 Å². The lowest BCUT2D eigenvalue weighted by molar-refractivity contribution is 0.403. The van der Waals surface area contributed by atoms with E-state index in [1.165, 1.54) is 38.5 Å². The number of anilines is 1. The lowest BCUT2D eigenvalue weighted by atomic mass is 10.0. The van der Waals surface area contributed by atoms with Crippen LogP contribution in [-0.2, 0) is 0 Å². The fourth-order valence-electron chi connectivity index (χ4n) is 2.77.